The molecule has 186 valence electrons. The Balaban J connectivity index is 1.70. The number of halogens is 3. The molecule has 1 N–H and O–H groups in total. The van der Waals surface area contributed by atoms with Gasteiger partial charge in [0.2, 0.25) is 0 Å². The van der Waals surface area contributed by atoms with Crippen molar-refractivity contribution < 1.29 is 13.6 Å². The average Bonchev–Trinajstić information content (AvgIpc) is 3.27. The molecule has 0 aliphatic carbocycles. The van der Waals surface area contributed by atoms with E-state index in [9.17, 15) is 13.6 Å². The second-order valence-corrected chi connectivity index (χ2v) is 10.3. The molecule has 0 saturated heterocycles. The average molecular weight is 581 g/mol. The van der Waals surface area contributed by atoms with Crippen molar-refractivity contribution in [2.24, 2.45) is 0 Å². The zero-order valence-corrected chi connectivity index (χ0v) is 22.6. The van der Waals surface area contributed by atoms with Crippen molar-refractivity contribution in [3.8, 4) is 0 Å². The molecule has 3 aromatic carbocycles. The maximum Gasteiger partial charge on any atom is 0.253 e. The molecule has 4 aromatic rings. The number of aromatic nitrogens is 2. The van der Waals surface area contributed by atoms with Gasteiger partial charge in [0, 0.05) is 21.5 Å². The van der Waals surface area contributed by atoms with Crippen molar-refractivity contribution in [2.75, 3.05) is 4.31 Å². The van der Waals surface area contributed by atoms with E-state index < -0.39 is 23.2 Å². The van der Waals surface area contributed by atoms with E-state index >= 15 is 0 Å². The Bertz CT molecular complexity index is 1420. The first kappa shape index (κ1) is 26.5. The SMILES string of the molecule is CC(NC(=O)c1ccc(Cl)cc1N(c1nsnc1Cc1ccccc1)S(=O)[O-])c1ccc(Cl)cc1Cl. The van der Waals surface area contributed by atoms with E-state index in [-0.39, 0.29) is 22.1 Å². The fourth-order valence-corrected chi connectivity index (χ4v) is 5.53. The molecule has 12 heteroatoms. The van der Waals surface area contributed by atoms with E-state index in [2.05, 4.69) is 14.1 Å². The lowest BCUT2D eigenvalue weighted by atomic mass is 10.1. The monoisotopic (exact) mass is 579 g/mol. The molecule has 7 nitrogen and oxygen atoms in total. The lowest BCUT2D eigenvalue weighted by molar-refractivity contribution is 0.0940. The first-order chi connectivity index (χ1) is 17.2. The van der Waals surface area contributed by atoms with Crippen LogP contribution in [0, 0.1) is 0 Å². The van der Waals surface area contributed by atoms with Gasteiger partial charge >= 0.3 is 0 Å². The number of nitrogens with zero attached hydrogens (tertiary/aromatic N) is 3. The highest BCUT2D eigenvalue weighted by Crippen LogP contribution is 2.35. The summed E-state index contributed by atoms with van der Waals surface area (Å²) >= 11 is 16.5. The standard InChI is InChI=1S/C24H19Cl3N4O3S2/c1-14(18-9-7-16(25)12-20(18)27)28-24(32)19-10-8-17(26)13-22(19)31(36(33)34)23-21(29-35-30-23)11-15-5-3-2-4-6-15/h2-10,12-14H,11H2,1H3,(H,28,32)(H,33,34)/p-1. The number of hydrogen-bond donors (Lipinski definition) is 1. The first-order valence-corrected chi connectivity index (χ1v) is 13.4. The zero-order chi connectivity index (χ0) is 25.8. The van der Waals surface area contributed by atoms with E-state index in [4.69, 9.17) is 34.8 Å². The second-order valence-electron chi connectivity index (χ2n) is 7.73. The number of carbonyl (C=O) groups excluding carboxylic acids is 1. The molecule has 0 saturated carbocycles. The third-order valence-electron chi connectivity index (χ3n) is 5.29. The van der Waals surface area contributed by atoms with Gasteiger partial charge < -0.3 is 9.87 Å². The normalized spacial score (nSPS) is 12.7. The van der Waals surface area contributed by atoms with Gasteiger partial charge in [0.1, 0.15) is 5.69 Å². The van der Waals surface area contributed by atoms with Crippen LogP contribution >= 0.6 is 46.5 Å². The Hall–Kier alpha value is -2.53. The molecule has 0 aliphatic heterocycles. The third kappa shape index (κ3) is 6.05. The van der Waals surface area contributed by atoms with Crippen LogP contribution in [-0.4, -0.2) is 23.4 Å². The third-order valence-corrected chi connectivity index (χ3v) is 7.31. The van der Waals surface area contributed by atoms with E-state index in [0.29, 0.717) is 27.7 Å². The van der Waals surface area contributed by atoms with Crippen LogP contribution in [-0.2, 0) is 17.7 Å². The topological polar surface area (TPSA) is 98.2 Å². The molecule has 2 unspecified atom stereocenters. The summed E-state index contributed by atoms with van der Waals surface area (Å²) in [4.78, 5) is 13.3. The molecule has 1 amide bonds. The van der Waals surface area contributed by atoms with E-state index in [1.165, 1.54) is 18.2 Å². The van der Waals surface area contributed by atoms with Crippen molar-refractivity contribution >= 4 is 75.2 Å². The number of hydrogen-bond acceptors (Lipinski definition) is 6. The summed E-state index contributed by atoms with van der Waals surface area (Å²) in [5, 5.41) is 3.97. The number of amides is 1. The van der Waals surface area contributed by atoms with Crippen molar-refractivity contribution in [3.63, 3.8) is 0 Å². The van der Waals surface area contributed by atoms with Gasteiger partial charge in [-0.05, 0) is 48.4 Å². The summed E-state index contributed by atoms with van der Waals surface area (Å²) in [7, 11) is 0. The fraction of sp³-hybridized carbons (Fsp3) is 0.125. The predicted molar refractivity (Wildman–Crippen MR) is 144 cm³/mol. The molecule has 4 rings (SSSR count). The lowest BCUT2D eigenvalue weighted by Gasteiger charge is -2.27. The van der Waals surface area contributed by atoms with Crippen LogP contribution in [0.5, 0.6) is 0 Å². The molecule has 1 heterocycles. The maximum absolute atomic E-state index is 13.3. The van der Waals surface area contributed by atoms with Crippen molar-refractivity contribution in [2.45, 2.75) is 19.4 Å². The van der Waals surface area contributed by atoms with Gasteiger partial charge in [-0.15, -0.1) is 0 Å². The van der Waals surface area contributed by atoms with Crippen molar-refractivity contribution in [3.05, 3.63) is 104 Å². The van der Waals surface area contributed by atoms with Gasteiger partial charge in [-0.25, -0.2) is 0 Å². The number of nitrogens with one attached hydrogen (secondary N) is 1. The molecule has 0 radical (unpaired) electrons. The van der Waals surface area contributed by atoms with Gasteiger partial charge in [0.05, 0.1) is 40.3 Å². The number of anilines is 2. The van der Waals surface area contributed by atoms with Crippen LogP contribution in [0.3, 0.4) is 0 Å². The molecule has 2 atom stereocenters. The first-order valence-electron chi connectivity index (χ1n) is 10.5. The number of rotatable bonds is 8. The molecule has 0 spiro atoms. The molecular formula is C24H18Cl3N4O3S2-. The second kappa shape index (κ2) is 11.7. The smallest absolute Gasteiger partial charge is 0.253 e. The Morgan fingerprint density at radius 1 is 1.06 bits per heavy atom. The summed E-state index contributed by atoms with van der Waals surface area (Å²) in [6.07, 6.45) is 0.356. The molecule has 0 fully saturated rings. The van der Waals surface area contributed by atoms with Gasteiger partial charge in [-0.2, -0.15) is 8.75 Å². The van der Waals surface area contributed by atoms with E-state index in [1.54, 1.807) is 25.1 Å². The summed E-state index contributed by atoms with van der Waals surface area (Å²) in [5.41, 5.74) is 2.16. The van der Waals surface area contributed by atoms with Crippen LogP contribution in [0.1, 0.15) is 40.1 Å². The Morgan fingerprint density at radius 3 is 2.44 bits per heavy atom. The highest BCUT2D eigenvalue weighted by molar-refractivity contribution is 7.81. The molecule has 36 heavy (non-hydrogen) atoms. The van der Waals surface area contributed by atoms with Crippen molar-refractivity contribution in [1.82, 2.24) is 14.1 Å². The van der Waals surface area contributed by atoms with Gasteiger partial charge in [0.15, 0.2) is 5.82 Å². The highest BCUT2D eigenvalue weighted by atomic mass is 35.5. The fourth-order valence-electron chi connectivity index (χ4n) is 3.59. The van der Waals surface area contributed by atoms with E-state index in [0.717, 1.165) is 21.6 Å². The number of benzene rings is 3. The van der Waals surface area contributed by atoms with Crippen LogP contribution in [0.25, 0.3) is 0 Å². The minimum Gasteiger partial charge on any atom is -0.755 e. The minimum absolute atomic E-state index is 0.0461. The lowest BCUT2D eigenvalue weighted by Crippen LogP contribution is -2.30. The maximum atomic E-state index is 13.3. The van der Waals surface area contributed by atoms with Crippen LogP contribution < -0.4 is 9.62 Å². The summed E-state index contributed by atoms with van der Waals surface area (Å²) in [6.45, 7) is 1.76. The molecule has 1 aromatic heterocycles. The van der Waals surface area contributed by atoms with Crippen molar-refractivity contribution in [1.29, 1.82) is 0 Å². The minimum atomic E-state index is -2.83. The van der Waals surface area contributed by atoms with Crippen LogP contribution in [0.15, 0.2) is 66.7 Å². The number of carbonyl (C=O) groups is 1. The summed E-state index contributed by atoms with van der Waals surface area (Å²) < 4.78 is 34.4. The van der Waals surface area contributed by atoms with Gasteiger partial charge in [-0.1, -0.05) is 71.2 Å². The largest absolute Gasteiger partial charge is 0.755 e. The Kier molecular flexibility index (Phi) is 8.61. The Morgan fingerprint density at radius 2 is 1.75 bits per heavy atom. The quantitative estimate of drug-likeness (QED) is 0.240. The van der Waals surface area contributed by atoms with E-state index in [1.807, 2.05) is 30.3 Å². The molecule has 0 aliphatic rings. The Labute approximate surface area is 229 Å². The summed E-state index contributed by atoms with van der Waals surface area (Å²) in [5.74, 6) is -0.425. The predicted octanol–water partition coefficient (Wildman–Crippen LogP) is 6.51. The van der Waals surface area contributed by atoms with Crippen LogP contribution in [0.2, 0.25) is 15.1 Å². The molecule has 0 bridgehead atoms. The molecular weight excluding hydrogens is 563 g/mol. The highest BCUT2D eigenvalue weighted by Gasteiger charge is 2.25. The zero-order valence-electron chi connectivity index (χ0n) is 18.7. The van der Waals surface area contributed by atoms with Gasteiger partial charge in [0.25, 0.3) is 5.91 Å². The van der Waals surface area contributed by atoms with Gasteiger partial charge in [-0.3, -0.25) is 13.3 Å². The summed E-state index contributed by atoms with van der Waals surface area (Å²) in [6, 6.07) is 18.3. The van der Waals surface area contributed by atoms with Crippen LogP contribution in [0.4, 0.5) is 11.5 Å².